The maximum Gasteiger partial charge on any atom is 0.0868 e. The Labute approximate surface area is 98.5 Å². The van der Waals surface area contributed by atoms with Crippen molar-refractivity contribution < 1.29 is 0 Å². The number of nitriles is 1. The fourth-order valence-electron chi connectivity index (χ4n) is 2.06. The third kappa shape index (κ3) is 3.08. The Hall–Kier alpha value is -1.33. The molecule has 0 aliphatic rings. The van der Waals surface area contributed by atoms with E-state index in [9.17, 15) is 0 Å². The molecule has 0 atom stereocenters. The Morgan fingerprint density at radius 2 is 1.75 bits per heavy atom. The van der Waals surface area contributed by atoms with Crippen LogP contribution in [0.15, 0.2) is 12.1 Å². The normalized spacial score (nSPS) is 10.5. The van der Waals surface area contributed by atoms with Crippen molar-refractivity contribution in [2.75, 3.05) is 13.1 Å². The van der Waals surface area contributed by atoms with E-state index in [1.54, 1.807) is 0 Å². The Kier molecular flexibility index (Phi) is 4.52. The van der Waals surface area contributed by atoms with Gasteiger partial charge < -0.3 is 0 Å². The van der Waals surface area contributed by atoms with Gasteiger partial charge in [-0.2, -0.15) is 5.26 Å². The van der Waals surface area contributed by atoms with Crippen LogP contribution in [0.5, 0.6) is 0 Å². The van der Waals surface area contributed by atoms with E-state index >= 15 is 0 Å². The highest BCUT2D eigenvalue weighted by Crippen LogP contribution is 2.18. The fourth-order valence-corrected chi connectivity index (χ4v) is 2.06. The van der Waals surface area contributed by atoms with Crippen molar-refractivity contribution in [3.05, 3.63) is 34.4 Å². The Bertz CT molecular complexity index is 379. The molecule has 1 aromatic rings. The van der Waals surface area contributed by atoms with E-state index in [1.807, 2.05) is 0 Å². The quantitative estimate of drug-likeness (QED) is 0.723. The van der Waals surface area contributed by atoms with Crippen molar-refractivity contribution in [1.29, 1.82) is 5.26 Å². The van der Waals surface area contributed by atoms with Gasteiger partial charge in [0.15, 0.2) is 0 Å². The number of rotatable bonds is 4. The highest BCUT2D eigenvalue weighted by molar-refractivity contribution is 5.37. The predicted molar refractivity (Wildman–Crippen MR) is 67.2 cm³/mol. The van der Waals surface area contributed by atoms with Crippen LogP contribution in [-0.2, 0) is 6.54 Å². The van der Waals surface area contributed by atoms with E-state index in [0.29, 0.717) is 6.54 Å². The molecular weight excluding hydrogens is 196 g/mol. The van der Waals surface area contributed by atoms with Crippen LogP contribution in [0, 0.1) is 32.1 Å². The van der Waals surface area contributed by atoms with Crippen LogP contribution in [0.25, 0.3) is 0 Å². The summed E-state index contributed by atoms with van der Waals surface area (Å²) < 4.78 is 0. The van der Waals surface area contributed by atoms with Gasteiger partial charge in [0.05, 0.1) is 12.6 Å². The molecule has 0 aliphatic heterocycles. The summed E-state index contributed by atoms with van der Waals surface area (Å²) in [7, 11) is 0. The van der Waals surface area contributed by atoms with Crippen LogP contribution in [0.1, 0.15) is 29.2 Å². The molecule has 0 aliphatic carbocycles. The lowest BCUT2D eigenvalue weighted by Crippen LogP contribution is -2.24. The molecule has 2 nitrogen and oxygen atoms in total. The van der Waals surface area contributed by atoms with Crippen molar-refractivity contribution >= 4 is 0 Å². The Balaban J connectivity index is 2.92. The molecule has 0 saturated heterocycles. The zero-order chi connectivity index (χ0) is 12.1. The van der Waals surface area contributed by atoms with Gasteiger partial charge in [0, 0.05) is 6.54 Å². The van der Waals surface area contributed by atoms with Crippen molar-refractivity contribution in [1.82, 2.24) is 4.90 Å². The first-order valence-corrected chi connectivity index (χ1v) is 5.74. The van der Waals surface area contributed by atoms with Gasteiger partial charge in [0.25, 0.3) is 0 Å². The fraction of sp³-hybridized carbons (Fsp3) is 0.500. The van der Waals surface area contributed by atoms with Crippen LogP contribution in [0.2, 0.25) is 0 Å². The van der Waals surface area contributed by atoms with Crippen LogP contribution in [0.4, 0.5) is 0 Å². The summed E-state index contributed by atoms with van der Waals surface area (Å²) in [6.45, 7) is 10.8. The molecule has 2 heteroatoms. The van der Waals surface area contributed by atoms with Crippen LogP contribution >= 0.6 is 0 Å². The maximum atomic E-state index is 8.74. The highest BCUT2D eigenvalue weighted by atomic mass is 15.1. The lowest BCUT2D eigenvalue weighted by molar-refractivity contribution is 0.313. The molecular formula is C14H20N2. The van der Waals surface area contributed by atoms with Gasteiger partial charge in [0.1, 0.15) is 0 Å². The van der Waals surface area contributed by atoms with E-state index in [1.165, 1.54) is 22.3 Å². The second kappa shape index (κ2) is 5.67. The van der Waals surface area contributed by atoms with E-state index in [-0.39, 0.29) is 0 Å². The SMILES string of the molecule is CCN(CC#N)Cc1c(C)cc(C)cc1C. The molecule has 0 spiro atoms. The predicted octanol–water partition coefficient (Wildman–Crippen LogP) is 2.96. The molecule has 1 aromatic carbocycles. The van der Waals surface area contributed by atoms with Crippen molar-refractivity contribution in [2.24, 2.45) is 0 Å². The molecule has 0 radical (unpaired) electrons. The van der Waals surface area contributed by atoms with E-state index in [0.717, 1.165) is 13.1 Å². The average Bonchev–Trinajstić information content (AvgIpc) is 2.21. The number of benzene rings is 1. The molecule has 0 amide bonds. The van der Waals surface area contributed by atoms with Gasteiger partial charge in [-0.1, -0.05) is 24.6 Å². The van der Waals surface area contributed by atoms with Gasteiger partial charge in [0.2, 0.25) is 0 Å². The molecule has 0 bridgehead atoms. The molecule has 0 N–H and O–H groups in total. The number of nitrogens with zero attached hydrogens (tertiary/aromatic N) is 2. The molecule has 0 saturated carbocycles. The average molecular weight is 216 g/mol. The summed E-state index contributed by atoms with van der Waals surface area (Å²) in [5, 5.41) is 8.74. The van der Waals surface area contributed by atoms with Crippen LogP contribution in [-0.4, -0.2) is 18.0 Å². The molecule has 86 valence electrons. The Morgan fingerprint density at radius 3 is 2.19 bits per heavy atom. The van der Waals surface area contributed by atoms with Gasteiger partial charge in [-0.05, 0) is 44.0 Å². The maximum absolute atomic E-state index is 8.74. The minimum Gasteiger partial charge on any atom is -0.287 e. The summed E-state index contributed by atoms with van der Waals surface area (Å²) >= 11 is 0. The van der Waals surface area contributed by atoms with Gasteiger partial charge in [-0.25, -0.2) is 0 Å². The lowest BCUT2D eigenvalue weighted by atomic mass is 9.99. The summed E-state index contributed by atoms with van der Waals surface area (Å²) in [6.07, 6.45) is 0. The Morgan fingerprint density at radius 1 is 1.19 bits per heavy atom. The highest BCUT2D eigenvalue weighted by Gasteiger charge is 2.08. The topological polar surface area (TPSA) is 27.0 Å². The van der Waals surface area contributed by atoms with Crippen molar-refractivity contribution in [3.63, 3.8) is 0 Å². The zero-order valence-corrected chi connectivity index (χ0v) is 10.7. The third-order valence-electron chi connectivity index (χ3n) is 2.96. The second-order valence-corrected chi connectivity index (χ2v) is 4.34. The summed E-state index contributed by atoms with van der Waals surface area (Å²) in [5.74, 6) is 0. The van der Waals surface area contributed by atoms with E-state index < -0.39 is 0 Å². The zero-order valence-electron chi connectivity index (χ0n) is 10.7. The van der Waals surface area contributed by atoms with Crippen molar-refractivity contribution in [3.8, 4) is 6.07 Å². The summed E-state index contributed by atoms with van der Waals surface area (Å²) in [6, 6.07) is 6.64. The second-order valence-electron chi connectivity index (χ2n) is 4.34. The van der Waals surface area contributed by atoms with Crippen LogP contribution < -0.4 is 0 Å². The molecule has 0 fully saturated rings. The van der Waals surface area contributed by atoms with Crippen molar-refractivity contribution in [2.45, 2.75) is 34.2 Å². The van der Waals surface area contributed by atoms with Gasteiger partial charge in [-0.3, -0.25) is 4.90 Å². The summed E-state index contributed by atoms with van der Waals surface area (Å²) in [5.41, 5.74) is 5.33. The van der Waals surface area contributed by atoms with Gasteiger partial charge >= 0.3 is 0 Å². The number of hydrogen-bond acceptors (Lipinski definition) is 2. The molecule has 0 heterocycles. The first-order chi connectivity index (χ1) is 7.58. The smallest absolute Gasteiger partial charge is 0.0868 e. The minimum absolute atomic E-state index is 0.503. The molecule has 0 aromatic heterocycles. The monoisotopic (exact) mass is 216 g/mol. The number of aryl methyl sites for hydroxylation is 3. The van der Waals surface area contributed by atoms with E-state index in [4.69, 9.17) is 5.26 Å². The van der Waals surface area contributed by atoms with Gasteiger partial charge in [-0.15, -0.1) is 0 Å². The first-order valence-electron chi connectivity index (χ1n) is 5.74. The minimum atomic E-state index is 0.503. The standard InChI is InChI=1S/C14H20N2/c1-5-16(7-6-15)10-14-12(3)8-11(2)9-13(14)4/h8-9H,5,7,10H2,1-4H3. The lowest BCUT2D eigenvalue weighted by Gasteiger charge is -2.20. The largest absolute Gasteiger partial charge is 0.287 e. The molecule has 0 unspecified atom stereocenters. The first kappa shape index (κ1) is 12.7. The van der Waals surface area contributed by atoms with Crippen LogP contribution in [0.3, 0.4) is 0 Å². The molecule has 1 rings (SSSR count). The summed E-state index contributed by atoms with van der Waals surface area (Å²) in [4.78, 5) is 2.16. The van der Waals surface area contributed by atoms with E-state index in [2.05, 4.69) is 50.8 Å². The molecule has 16 heavy (non-hydrogen) atoms. The number of hydrogen-bond donors (Lipinski definition) is 0. The third-order valence-corrected chi connectivity index (χ3v) is 2.96.